The normalized spacial score (nSPS) is 17.1. The molecule has 3 rings (SSSR count). The summed E-state index contributed by atoms with van der Waals surface area (Å²) < 4.78 is 11.5. The van der Waals surface area contributed by atoms with Crippen molar-refractivity contribution >= 4 is 6.03 Å². The highest BCUT2D eigenvalue weighted by Crippen LogP contribution is 2.33. The number of fused-ring (bicyclic) bond motifs is 1. The number of hydrogen-bond acceptors (Lipinski definition) is 4. The smallest absolute Gasteiger partial charge is 0.318 e. The van der Waals surface area contributed by atoms with Gasteiger partial charge in [-0.1, -0.05) is 36.4 Å². The zero-order valence-electron chi connectivity index (χ0n) is 19.3. The number of ether oxygens (including phenoxy) is 2. The second-order valence-corrected chi connectivity index (χ2v) is 9.54. The molecule has 1 heterocycles. The van der Waals surface area contributed by atoms with E-state index in [0.29, 0.717) is 6.61 Å². The van der Waals surface area contributed by atoms with Crippen molar-refractivity contribution < 1.29 is 19.4 Å². The molecule has 0 radical (unpaired) electrons. The van der Waals surface area contributed by atoms with Crippen molar-refractivity contribution in [3.8, 4) is 5.75 Å². The first kappa shape index (κ1) is 23.1. The van der Waals surface area contributed by atoms with E-state index in [1.165, 1.54) is 0 Å². The highest BCUT2D eigenvalue weighted by atomic mass is 16.7. The fourth-order valence-electron chi connectivity index (χ4n) is 3.59. The van der Waals surface area contributed by atoms with Crippen molar-refractivity contribution in [2.24, 2.45) is 0 Å². The van der Waals surface area contributed by atoms with Gasteiger partial charge in [0.1, 0.15) is 5.75 Å². The van der Waals surface area contributed by atoms with Gasteiger partial charge in [-0.15, -0.1) is 0 Å². The average Bonchev–Trinajstić information content (AvgIpc) is 2.70. The van der Waals surface area contributed by atoms with Crippen LogP contribution < -0.4 is 10.1 Å². The van der Waals surface area contributed by atoms with Gasteiger partial charge in [0.05, 0.1) is 25.3 Å². The molecule has 0 aliphatic carbocycles. The van der Waals surface area contributed by atoms with Crippen LogP contribution in [0.4, 0.5) is 4.79 Å². The molecule has 6 nitrogen and oxygen atoms in total. The van der Waals surface area contributed by atoms with Crippen molar-refractivity contribution in [1.82, 2.24) is 10.2 Å². The van der Waals surface area contributed by atoms with Crippen molar-refractivity contribution in [3.63, 3.8) is 0 Å². The molecule has 31 heavy (non-hydrogen) atoms. The molecule has 0 fully saturated rings. The van der Waals surface area contributed by atoms with Gasteiger partial charge in [-0.05, 0) is 51.0 Å². The lowest BCUT2D eigenvalue weighted by Gasteiger charge is -2.38. The molecule has 6 heteroatoms. The van der Waals surface area contributed by atoms with E-state index < -0.39 is 17.4 Å². The second-order valence-electron chi connectivity index (χ2n) is 9.54. The standard InChI is InChI=1S/C25H34N2O4/c1-17(18-10-8-7-9-11-18)26-23(29)27(24(2,3)4)15-21(28)19-12-13-22-20(14-19)16-30-25(5,6)31-22/h7-14,17,21,28H,15-16H2,1-6H3,(H,26,29)/t17-,21-/m1/s1. The Bertz CT molecular complexity index is 905. The fourth-order valence-corrected chi connectivity index (χ4v) is 3.59. The van der Waals surface area contributed by atoms with Gasteiger partial charge in [-0.3, -0.25) is 0 Å². The van der Waals surface area contributed by atoms with Crippen LogP contribution in [0, 0.1) is 0 Å². The first-order valence-corrected chi connectivity index (χ1v) is 10.7. The van der Waals surface area contributed by atoms with E-state index in [-0.39, 0.29) is 18.6 Å². The SMILES string of the molecule is C[C@@H](NC(=O)N(C[C@@H](O)c1ccc2c(c1)COC(C)(C)O2)C(C)(C)C)c1ccccc1. The van der Waals surface area contributed by atoms with E-state index in [9.17, 15) is 9.90 Å². The molecule has 0 unspecified atom stereocenters. The molecule has 2 atom stereocenters. The van der Waals surface area contributed by atoms with Crippen LogP contribution in [-0.2, 0) is 11.3 Å². The minimum absolute atomic E-state index is 0.142. The summed E-state index contributed by atoms with van der Waals surface area (Å²) in [4.78, 5) is 14.8. The number of aliphatic hydroxyl groups excluding tert-OH is 1. The summed E-state index contributed by atoms with van der Waals surface area (Å²) >= 11 is 0. The van der Waals surface area contributed by atoms with Gasteiger partial charge in [0, 0.05) is 24.9 Å². The van der Waals surface area contributed by atoms with Crippen molar-refractivity contribution in [2.45, 2.75) is 71.6 Å². The van der Waals surface area contributed by atoms with E-state index in [2.05, 4.69) is 5.32 Å². The number of carbonyl (C=O) groups is 1. The molecule has 2 N–H and O–H groups in total. The minimum Gasteiger partial charge on any atom is -0.463 e. The van der Waals surface area contributed by atoms with Crippen LogP contribution >= 0.6 is 0 Å². The first-order chi connectivity index (χ1) is 14.5. The third-order valence-corrected chi connectivity index (χ3v) is 5.45. The van der Waals surface area contributed by atoms with Crippen LogP contribution in [0.25, 0.3) is 0 Å². The maximum atomic E-state index is 13.1. The van der Waals surface area contributed by atoms with E-state index in [0.717, 1.165) is 22.4 Å². The number of carbonyl (C=O) groups excluding carboxylic acids is 1. The molecule has 0 bridgehead atoms. The number of β-amino-alcohol motifs (C(OH)–C–C–N with tert-alkyl or cyclic N) is 1. The van der Waals surface area contributed by atoms with Crippen molar-refractivity contribution in [1.29, 1.82) is 0 Å². The third-order valence-electron chi connectivity index (χ3n) is 5.45. The van der Waals surface area contributed by atoms with Crippen LogP contribution in [0.15, 0.2) is 48.5 Å². The summed E-state index contributed by atoms with van der Waals surface area (Å²) in [6.45, 7) is 12.2. The molecule has 2 amide bonds. The summed E-state index contributed by atoms with van der Waals surface area (Å²) in [5.41, 5.74) is 2.18. The van der Waals surface area contributed by atoms with Gasteiger partial charge in [-0.25, -0.2) is 4.79 Å². The Labute approximate surface area is 185 Å². The minimum atomic E-state index is -0.836. The Morgan fingerprint density at radius 2 is 1.84 bits per heavy atom. The first-order valence-electron chi connectivity index (χ1n) is 10.7. The molecule has 0 aromatic heterocycles. The van der Waals surface area contributed by atoms with Gasteiger partial charge in [-0.2, -0.15) is 0 Å². The number of nitrogens with one attached hydrogen (secondary N) is 1. The Balaban J connectivity index is 1.73. The lowest BCUT2D eigenvalue weighted by molar-refractivity contribution is -0.180. The maximum absolute atomic E-state index is 13.1. The summed E-state index contributed by atoms with van der Waals surface area (Å²) in [6.07, 6.45) is -0.836. The van der Waals surface area contributed by atoms with Gasteiger partial charge in [0.15, 0.2) is 0 Å². The highest BCUT2D eigenvalue weighted by Gasteiger charge is 2.31. The lowest BCUT2D eigenvalue weighted by atomic mass is 10.0. The summed E-state index contributed by atoms with van der Waals surface area (Å²) in [7, 11) is 0. The van der Waals surface area contributed by atoms with Gasteiger partial charge < -0.3 is 24.8 Å². The fraction of sp³-hybridized carbons (Fsp3) is 0.480. The Kier molecular flexibility index (Phi) is 6.62. The number of benzene rings is 2. The summed E-state index contributed by atoms with van der Waals surface area (Å²) in [5.74, 6) is 0.0956. The molecular weight excluding hydrogens is 392 g/mol. The number of hydrogen-bond donors (Lipinski definition) is 2. The van der Waals surface area contributed by atoms with E-state index in [1.807, 2.05) is 90.1 Å². The molecule has 0 saturated heterocycles. The van der Waals surface area contributed by atoms with Gasteiger partial charge in [0.25, 0.3) is 0 Å². The topological polar surface area (TPSA) is 71.0 Å². The third kappa shape index (κ3) is 5.77. The number of aliphatic hydroxyl groups is 1. The Hall–Kier alpha value is -2.57. The van der Waals surface area contributed by atoms with E-state index in [4.69, 9.17) is 9.47 Å². The second kappa shape index (κ2) is 8.89. The van der Waals surface area contributed by atoms with E-state index in [1.54, 1.807) is 4.90 Å². The number of rotatable bonds is 5. The van der Waals surface area contributed by atoms with Crippen LogP contribution in [0.2, 0.25) is 0 Å². The number of amides is 2. The molecule has 0 saturated carbocycles. The molecule has 2 aromatic carbocycles. The predicted molar refractivity (Wildman–Crippen MR) is 121 cm³/mol. The van der Waals surface area contributed by atoms with Gasteiger partial charge in [0.2, 0.25) is 5.79 Å². The molecular formula is C25H34N2O4. The molecule has 1 aliphatic rings. The highest BCUT2D eigenvalue weighted by molar-refractivity contribution is 5.75. The van der Waals surface area contributed by atoms with E-state index >= 15 is 0 Å². The zero-order valence-corrected chi connectivity index (χ0v) is 19.3. The number of nitrogens with zero attached hydrogens (tertiary/aromatic N) is 1. The molecule has 1 aliphatic heterocycles. The average molecular weight is 427 g/mol. The largest absolute Gasteiger partial charge is 0.463 e. The Morgan fingerprint density at radius 1 is 1.16 bits per heavy atom. The molecule has 2 aromatic rings. The monoisotopic (exact) mass is 426 g/mol. The van der Waals surface area contributed by atoms with Crippen LogP contribution in [-0.4, -0.2) is 33.9 Å². The van der Waals surface area contributed by atoms with Crippen molar-refractivity contribution in [2.75, 3.05) is 6.54 Å². The molecule has 168 valence electrons. The van der Waals surface area contributed by atoms with Gasteiger partial charge >= 0.3 is 6.03 Å². The lowest BCUT2D eigenvalue weighted by Crippen LogP contribution is -2.52. The Morgan fingerprint density at radius 3 is 2.48 bits per heavy atom. The van der Waals surface area contributed by atoms with Crippen molar-refractivity contribution in [3.05, 3.63) is 65.2 Å². The van der Waals surface area contributed by atoms with Crippen LogP contribution in [0.1, 0.15) is 70.4 Å². The molecule has 0 spiro atoms. The summed E-state index contributed by atoms with van der Waals surface area (Å²) in [6, 6.07) is 15.1. The van der Waals surface area contributed by atoms with Crippen LogP contribution in [0.5, 0.6) is 5.75 Å². The predicted octanol–water partition coefficient (Wildman–Crippen LogP) is 4.94. The summed E-state index contributed by atoms with van der Waals surface area (Å²) in [5, 5.41) is 14.0. The number of urea groups is 1. The maximum Gasteiger partial charge on any atom is 0.318 e. The quantitative estimate of drug-likeness (QED) is 0.711. The zero-order chi connectivity index (χ0) is 22.8. The van der Waals surface area contributed by atoms with Crippen LogP contribution in [0.3, 0.4) is 0 Å².